The predicted molar refractivity (Wildman–Crippen MR) is 87.0 cm³/mol. The van der Waals surface area contributed by atoms with E-state index in [1.807, 2.05) is 0 Å². The fourth-order valence-electron chi connectivity index (χ4n) is 2.01. The first-order valence-electron chi connectivity index (χ1n) is 6.61. The minimum atomic E-state index is -3.44. The smallest absolute Gasteiger partial charge is 0.257 e. The average Bonchev–Trinajstić information content (AvgIpc) is 2.88. The van der Waals surface area contributed by atoms with Crippen LogP contribution in [0.3, 0.4) is 0 Å². The molecule has 5 nitrogen and oxygen atoms in total. The molecule has 9 heteroatoms. The number of benzene rings is 2. The Hall–Kier alpha value is -2.39. The Morgan fingerprint density at radius 2 is 1.88 bits per heavy atom. The number of anilines is 1. The monoisotopic (exact) mass is 368 g/mol. The molecule has 0 spiro atoms. The van der Waals surface area contributed by atoms with Gasteiger partial charge in [0.15, 0.2) is 26.6 Å². The molecule has 24 heavy (non-hydrogen) atoms. The maximum Gasteiger partial charge on any atom is 0.257 e. The summed E-state index contributed by atoms with van der Waals surface area (Å²) < 4.78 is 49.8. The third-order valence-electron chi connectivity index (χ3n) is 3.18. The van der Waals surface area contributed by atoms with Gasteiger partial charge < -0.3 is 0 Å². The molecule has 0 fully saturated rings. The number of hydrogen-bond acceptors (Lipinski definition) is 5. The van der Waals surface area contributed by atoms with Gasteiger partial charge in [0.2, 0.25) is 0 Å². The van der Waals surface area contributed by atoms with E-state index in [4.69, 9.17) is 0 Å². The summed E-state index contributed by atoms with van der Waals surface area (Å²) in [6, 6.07) is 7.49. The van der Waals surface area contributed by atoms with Crippen molar-refractivity contribution in [2.75, 3.05) is 11.6 Å². The van der Waals surface area contributed by atoms with Gasteiger partial charge in [-0.15, -0.1) is 0 Å². The lowest BCUT2D eigenvalue weighted by molar-refractivity contribution is 0.102. The first-order valence-corrected chi connectivity index (χ1v) is 9.32. The SMILES string of the molecule is CS(=O)(=O)c1cccc(C(=O)Nc2nc3cc(F)c(F)cc3s2)c1. The molecule has 3 rings (SSSR count). The highest BCUT2D eigenvalue weighted by molar-refractivity contribution is 7.90. The maximum absolute atomic E-state index is 13.2. The van der Waals surface area contributed by atoms with Crippen LogP contribution in [0.1, 0.15) is 10.4 Å². The van der Waals surface area contributed by atoms with Crippen LogP contribution in [0.4, 0.5) is 13.9 Å². The van der Waals surface area contributed by atoms with Gasteiger partial charge in [0.25, 0.3) is 5.91 Å². The highest BCUT2D eigenvalue weighted by atomic mass is 32.2. The van der Waals surface area contributed by atoms with Crippen LogP contribution in [0, 0.1) is 11.6 Å². The molecule has 0 unspecified atom stereocenters. The number of sulfone groups is 1. The van der Waals surface area contributed by atoms with Gasteiger partial charge >= 0.3 is 0 Å². The van der Waals surface area contributed by atoms with Crippen molar-refractivity contribution in [1.82, 2.24) is 4.98 Å². The first-order chi connectivity index (χ1) is 11.2. The summed E-state index contributed by atoms with van der Waals surface area (Å²) in [5, 5.41) is 2.65. The molecule has 0 atom stereocenters. The fourth-order valence-corrected chi connectivity index (χ4v) is 3.55. The quantitative estimate of drug-likeness (QED) is 0.770. The number of amides is 1. The van der Waals surface area contributed by atoms with E-state index in [0.29, 0.717) is 4.70 Å². The molecular formula is C15H10F2N2O3S2. The second-order valence-corrected chi connectivity index (χ2v) is 8.05. The number of halogens is 2. The van der Waals surface area contributed by atoms with E-state index in [9.17, 15) is 22.0 Å². The molecule has 124 valence electrons. The molecule has 1 aromatic heterocycles. The molecule has 0 saturated heterocycles. The number of thiazole rings is 1. The van der Waals surface area contributed by atoms with Crippen LogP contribution in [-0.2, 0) is 9.84 Å². The fraction of sp³-hybridized carbons (Fsp3) is 0.0667. The van der Waals surface area contributed by atoms with Crippen LogP contribution < -0.4 is 5.32 Å². The second kappa shape index (κ2) is 5.91. The van der Waals surface area contributed by atoms with E-state index in [0.717, 1.165) is 29.7 Å². The summed E-state index contributed by atoms with van der Waals surface area (Å²) in [5.74, 6) is -2.59. The minimum absolute atomic E-state index is 0.0172. The largest absolute Gasteiger partial charge is 0.298 e. The molecule has 3 aromatic rings. The molecule has 1 N–H and O–H groups in total. The molecule has 2 aromatic carbocycles. The molecular weight excluding hydrogens is 358 g/mol. The van der Waals surface area contributed by atoms with Crippen LogP contribution in [0.25, 0.3) is 10.2 Å². The van der Waals surface area contributed by atoms with Crippen molar-refractivity contribution in [2.24, 2.45) is 0 Å². The average molecular weight is 368 g/mol. The van der Waals surface area contributed by atoms with Crippen LogP contribution in [0.15, 0.2) is 41.3 Å². The zero-order valence-corrected chi connectivity index (χ0v) is 13.8. The zero-order valence-electron chi connectivity index (χ0n) is 12.2. The number of fused-ring (bicyclic) bond motifs is 1. The van der Waals surface area contributed by atoms with E-state index < -0.39 is 27.4 Å². The number of rotatable bonds is 3. The molecule has 0 saturated carbocycles. The van der Waals surface area contributed by atoms with Gasteiger partial charge in [0.05, 0.1) is 15.1 Å². The van der Waals surface area contributed by atoms with Crippen molar-refractivity contribution in [3.05, 3.63) is 53.6 Å². The lowest BCUT2D eigenvalue weighted by Gasteiger charge is -2.03. The Kier molecular flexibility index (Phi) is 4.06. The highest BCUT2D eigenvalue weighted by Gasteiger charge is 2.14. The normalized spacial score (nSPS) is 11.6. The Morgan fingerprint density at radius 1 is 1.17 bits per heavy atom. The van der Waals surface area contributed by atoms with Crippen LogP contribution in [-0.4, -0.2) is 25.6 Å². The van der Waals surface area contributed by atoms with Crippen LogP contribution in [0.2, 0.25) is 0 Å². The van der Waals surface area contributed by atoms with Crippen molar-refractivity contribution < 1.29 is 22.0 Å². The number of aromatic nitrogens is 1. The lowest BCUT2D eigenvalue weighted by Crippen LogP contribution is -2.12. The van der Waals surface area contributed by atoms with Gasteiger partial charge in [-0.05, 0) is 24.3 Å². The summed E-state index contributed by atoms with van der Waals surface area (Å²) >= 11 is 0.985. The molecule has 1 amide bonds. The van der Waals surface area contributed by atoms with Crippen molar-refractivity contribution in [2.45, 2.75) is 4.90 Å². The molecule has 1 heterocycles. The molecule has 0 aliphatic heterocycles. The lowest BCUT2D eigenvalue weighted by atomic mass is 10.2. The standard InChI is InChI=1S/C15H10F2N2O3S2/c1-24(21,22)9-4-2-3-8(5-9)14(20)19-15-18-12-6-10(16)11(17)7-13(12)23-15/h2-7H,1H3,(H,18,19,20). The number of nitrogens with zero attached hydrogens (tertiary/aromatic N) is 1. The van der Waals surface area contributed by atoms with Gasteiger partial charge in [-0.1, -0.05) is 17.4 Å². The number of nitrogens with one attached hydrogen (secondary N) is 1. The molecule has 0 aliphatic rings. The van der Waals surface area contributed by atoms with Gasteiger partial charge in [-0.2, -0.15) is 0 Å². The van der Waals surface area contributed by atoms with Gasteiger partial charge in [-0.3, -0.25) is 10.1 Å². The van der Waals surface area contributed by atoms with Gasteiger partial charge in [0, 0.05) is 17.9 Å². The highest BCUT2D eigenvalue weighted by Crippen LogP contribution is 2.28. The van der Waals surface area contributed by atoms with Gasteiger partial charge in [0.1, 0.15) is 0 Å². The second-order valence-electron chi connectivity index (χ2n) is 5.01. The molecule has 0 bridgehead atoms. The first kappa shape index (κ1) is 16.5. The molecule has 0 radical (unpaired) electrons. The number of carbonyl (C=O) groups is 1. The molecule has 0 aliphatic carbocycles. The Labute approximate surface area is 139 Å². The van der Waals surface area contributed by atoms with Crippen molar-refractivity contribution in [3.63, 3.8) is 0 Å². The van der Waals surface area contributed by atoms with Crippen molar-refractivity contribution in [3.8, 4) is 0 Å². The zero-order chi connectivity index (χ0) is 17.5. The summed E-state index contributed by atoms with van der Waals surface area (Å²) in [7, 11) is -3.44. The van der Waals surface area contributed by atoms with Crippen LogP contribution >= 0.6 is 11.3 Å². The summed E-state index contributed by atoms with van der Waals surface area (Å²) in [6.07, 6.45) is 1.04. The number of hydrogen-bond donors (Lipinski definition) is 1. The third kappa shape index (κ3) is 3.26. The Bertz CT molecular complexity index is 1020. The minimum Gasteiger partial charge on any atom is -0.298 e. The van der Waals surface area contributed by atoms with E-state index in [-0.39, 0.29) is 21.1 Å². The van der Waals surface area contributed by atoms with E-state index in [1.165, 1.54) is 24.3 Å². The Balaban J connectivity index is 1.90. The van der Waals surface area contributed by atoms with Crippen molar-refractivity contribution >= 4 is 42.4 Å². The summed E-state index contributed by atoms with van der Waals surface area (Å²) in [4.78, 5) is 16.2. The van der Waals surface area contributed by atoms with E-state index in [2.05, 4.69) is 10.3 Å². The predicted octanol–water partition coefficient (Wildman–Crippen LogP) is 3.23. The third-order valence-corrected chi connectivity index (χ3v) is 5.22. The Morgan fingerprint density at radius 3 is 2.58 bits per heavy atom. The van der Waals surface area contributed by atoms with Gasteiger partial charge in [-0.25, -0.2) is 22.2 Å². The number of carbonyl (C=O) groups excluding carboxylic acids is 1. The van der Waals surface area contributed by atoms with E-state index >= 15 is 0 Å². The topological polar surface area (TPSA) is 76.1 Å². The van der Waals surface area contributed by atoms with Crippen LogP contribution in [0.5, 0.6) is 0 Å². The van der Waals surface area contributed by atoms with E-state index in [1.54, 1.807) is 0 Å². The maximum atomic E-state index is 13.2. The summed E-state index contributed by atoms with van der Waals surface area (Å²) in [5.41, 5.74) is 0.355. The summed E-state index contributed by atoms with van der Waals surface area (Å²) in [6.45, 7) is 0. The van der Waals surface area contributed by atoms with Crippen molar-refractivity contribution in [1.29, 1.82) is 0 Å².